The van der Waals surface area contributed by atoms with Gasteiger partial charge in [0.25, 0.3) is 0 Å². The molecule has 0 saturated carbocycles. The van der Waals surface area contributed by atoms with Crippen molar-refractivity contribution < 1.29 is 80.2 Å². The minimum absolute atomic E-state index is 0.0837. The average molecular weight is 1240 g/mol. The minimum atomic E-state index is -4.95. The highest BCUT2D eigenvalue weighted by atomic mass is 31.2. The van der Waals surface area contributed by atoms with E-state index in [1.165, 1.54) is 96.3 Å². The Kier molecular flexibility index (Phi) is 55.3. The van der Waals surface area contributed by atoms with Crippen molar-refractivity contribution in [1.82, 2.24) is 0 Å². The Morgan fingerprint density at radius 3 is 1.01 bits per heavy atom. The van der Waals surface area contributed by atoms with Gasteiger partial charge in [-0.2, -0.15) is 0 Å². The van der Waals surface area contributed by atoms with E-state index in [0.717, 1.165) is 121 Å². The zero-order valence-electron chi connectivity index (χ0n) is 53.7. The smallest absolute Gasteiger partial charge is 0.462 e. The molecule has 7 atom stereocenters. The molecule has 0 aliphatic heterocycles. The number of ether oxygens (including phenoxy) is 4. The second kappa shape index (κ2) is 57.0. The van der Waals surface area contributed by atoms with Crippen LogP contribution in [0.3, 0.4) is 0 Å². The molecule has 0 fully saturated rings. The first-order valence-electron chi connectivity index (χ1n) is 33.4. The highest BCUT2D eigenvalue weighted by Crippen LogP contribution is 2.45. The summed E-state index contributed by atoms with van der Waals surface area (Å²) in [7, 11) is -9.90. The van der Waals surface area contributed by atoms with Crippen LogP contribution in [0.2, 0.25) is 0 Å². The molecule has 0 rings (SSSR count). The van der Waals surface area contributed by atoms with E-state index in [2.05, 4.69) is 65.8 Å². The molecule has 84 heavy (non-hydrogen) atoms. The first-order valence-corrected chi connectivity index (χ1v) is 36.4. The summed E-state index contributed by atoms with van der Waals surface area (Å²) in [6.07, 6.45) is 42.6. The first kappa shape index (κ1) is 81.5. The maximum absolute atomic E-state index is 13.0. The molecule has 19 heteroatoms. The van der Waals surface area contributed by atoms with Crippen molar-refractivity contribution in [2.45, 2.75) is 317 Å². The van der Waals surface area contributed by atoms with Gasteiger partial charge in [0.1, 0.15) is 19.3 Å². The van der Waals surface area contributed by atoms with E-state index in [-0.39, 0.29) is 25.7 Å². The summed E-state index contributed by atoms with van der Waals surface area (Å²) < 4.78 is 67.9. The molecular formula is C65H122O17P2. The Bertz CT molecular complexity index is 1750. The van der Waals surface area contributed by atoms with Crippen LogP contribution in [0.15, 0.2) is 24.3 Å². The van der Waals surface area contributed by atoms with Crippen molar-refractivity contribution in [2.75, 3.05) is 39.6 Å². The van der Waals surface area contributed by atoms with Crippen LogP contribution in [0.1, 0.15) is 298 Å². The number of carbonyl (C=O) groups excluding carboxylic acids is 4. The summed E-state index contributed by atoms with van der Waals surface area (Å²) in [6, 6.07) is 0. The van der Waals surface area contributed by atoms with E-state index in [1.54, 1.807) is 0 Å². The molecule has 0 radical (unpaired) electrons. The Morgan fingerprint density at radius 2 is 0.667 bits per heavy atom. The number of hydrogen-bond acceptors (Lipinski definition) is 15. The molecule has 0 aromatic rings. The van der Waals surface area contributed by atoms with Crippen LogP contribution in [0.25, 0.3) is 0 Å². The number of phosphoric ester groups is 2. The third-order valence-electron chi connectivity index (χ3n) is 15.1. The Morgan fingerprint density at radius 1 is 0.381 bits per heavy atom. The van der Waals surface area contributed by atoms with E-state index in [0.29, 0.717) is 25.7 Å². The number of hydrogen-bond donors (Lipinski definition) is 3. The van der Waals surface area contributed by atoms with Crippen LogP contribution in [0.5, 0.6) is 0 Å². The zero-order chi connectivity index (χ0) is 62.2. The van der Waals surface area contributed by atoms with Crippen LogP contribution in [-0.4, -0.2) is 96.7 Å². The Hall–Kier alpha value is -2.46. The predicted octanol–water partition coefficient (Wildman–Crippen LogP) is 17.6. The third kappa shape index (κ3) is 56.1. The largest absolute Gasteiger partial charge is 0.472 e. The van der Waals surface area contributed by atoms with Gasteiger partial charge in [-0.05, 0) is 63.2 Å². The monoisotopic (exact) mass is 1240 g/mol. The lowest BCUT2D eigenvalue weighted by molar-refractivity contribution is -0.161. The Labute approximate surface area is 510 Å². The number of allylic oxidation sites excluding steroid dienone is 4. The van der Waals surface area contributed by atoms with Gasteiger partial charge in [0.05, 0.1) is 26.4 Å². The quantitative estimate of drug-likeness (QED) is 0.0169. The molecule has 0 spiro atoms. The fraction of sp³-hybridized carbons (Fsp3) is 0.877. The average Bonchev–Trinajstić information content (AvgIpc) is 3.48. The molecule has 0 aliphatic rings. The van der Waals surface area contributed by atoms with Crippen LogP contribution < -0.4 is 0 Å². The molecule has 0 aliphatic carbocycles. The van der Waals surface area contributed by atoms with Crippen molar-refractivity contribution >= 4 is 39.5 Å². The molecule has 0 amide bonds. The molecule has 0 saturated heterocycles. The van der Waals surface area contributed by atoms with Crippen LogP contribution in [-0.2, 0) is 65.4 Å². The van der Waals surface area contributed by atoms with Gasteiger partial charge in [-0.1, -0.05) is 246 Å². The van der Waals surface area contributed by atoms with E-state index in [9.17, 15) is 43.2 Å². The number of rotatable bonds is 62. The molecule has 0 aromatic carbocycles. The van der Waals surface area contributed by atoms with Crippen LogP contribution >= 0.6 is 15.6 Å². The summed E-state index contributed by atoms with van der Waals surface area (Å²) in [4.78, 5) is 72.2. The molecule has 4 unspecified atom stereocenters. The summed E-state index contributed by atoms with van der Waals surface area (Å²) in [5.41, 5.74) is 0. The summed E-state index contributed by atoms with van der Waals surface area (Å²) in [6.45, 7) is 9.32. The maximum atomic E-state index is 13.0. The standard InChI is InChI=1S/C65H122O17P2/c1-7-11-13-15-17-19-20-21-22-23-24-26-28-37-43-49-64(69)81-60(54-76-63(68)48-42-36-31-29-33-39-45-57(5)9-3)55-79-83(71,72)77-51-59(66)52-78-84(73,74)80-56-61(53-75-62(67)47-41-35-27-25-18-16-14-12-8-2)82-65(70)50-44-38-32-30-34-40-46-58(6)10-4/h19-22,57-61,66H,7-18,23-56H2,1-6H3,(H,71,72)(H,73,74)/b20-19-,22-21-/t57?,58?,59-,60-,61-/m1/s1. The van der Waals surface area contributed by atoms with Crippen molar-refractivity contribution in [3.63, 3.8) is 0 Å². The Balaban J connectivity index is 5.28. The number of aliphatic hydroxyl groups is 1. The highest BCUT2D eigenvalue weighted by molar-refractivity contribution is 7.47. The van der Waals surface area contributed by atoms with Gasteiger partial charge < -0.3 is 33.8 Å². The summed E-state index contributed by atoms with van der Waals surface area (Å²) >= 11 is 0. The lowest BCUT2D eigenvalue weighted by Gasteiger charge is -2.21. The second-order valence-corrected chi connectivity index (χ2v) is 26.2. The number of carbonyl (C=O) groups is 4. The van der Waals surface area contributed by atoms with Gasteiger partial charge in [0, 0.05) is 25.7 Å². The van der Waals surface area contributed by atoms with Crippen molar-refractivity contribution in [1.29, 1.82) is 0 Å². The van der Waals surface area contributed by atoms with Crippen molar-refractivity contribution in [2.24, 2.45) is 11.8 Å². The molecule has 0 bridgehead atoms. The predicted molar refractivity (Wildman–Crippen MR) is 335 cm³/mol. The molecule has 494 valence electrons. The number of phosphoric acid groups is 2. The van der Waals surface area contributed by atoms with Crippen LogP contribution in [0.4, 0.5) is 0 Å². The maximum Gasteiger partial charge on any atom is 0.472 e. The van der Waals surface area contributed by atoms with Crippen molar-refractivity contribution in [3.8, 4) is 0 Å². The van der Waals surface area contributed by atoms with Gasteiger partial charge in [-0.3, -0.25) is 37.3 Å². The minimum Gasteiger partial charge on any atom is -0.462 e. The van der Waals surface area contributed by atoms with Gasteiger partial charge in [0.15, 0.2) is 12.2 Å². The second-order valence-electron chi connectivity index (χ2n) is 23.3. The number of aliphatic hydroxyl groups excluding tert-OH is 1. The highest BCUT2D eigenvalue weighted by Gasteiger charge is 2.30. The van der Waals surface area contributed by atoms with Gasteiger partial charge in [-0.15, -0.1) is 0 Å². The van der Waals surface area contributed by atoms with Gasteiger partial charge in [0.2, 0.25) is 0 Å². The third-order valence-corrected chi connectivity index (χ3v) is 17.0. The lowest BCUT2D eigenvalue weighted by atomic mass is 10.00. The zero-order valence-corrected chi connectivity index (χ0v) is 55.5. The number of unbranched alkanes of at least 4 members (excludes halogenated alkanes) is 27. The fourth-order valence-corrected chi connectivity index (χ4v) is 10.7. The SMILES string of the molecule is CCCCCC/C=C\C=C/CCCCCCCC(=O)O[C@H](COC(=O)CCCCCCCCC(C)CC)COP(=O)(O)OC[C@@H](O)COP(=O)(O)OC[C@@H](COC(=O)CCCCCCCCCCC)OC(=O)CCCCCCCCC(C)CC. The van der Waals surface area contributed by atoms with E-state index in [4.69, 9.17) is 37.0 Å². The van der Waals surface area contributed by atoms with Crippen molar-refractivity contribution in [3.05, 3.63) is 24.3 Å². The summed E-state index contributed by atoms with van der Waals surface area (Å²) in [5, 5.41) is 10.5. The molecule has 17 nitrogen and oxygen atoms in total. The fourth-order valence-electron chi connectivity index (χ4n) is 9.10. The van der Waals surface area contributed by atoms with E-state index < -0.39 is 97.5 Å². The van der Waals surface area contributed by atoms with E-state index >= 15 is 0 Å². The topological polar surface area (TPSA) is 237 Å². The van der Waals surface area contributed by atoms with E-state index in [1.807, 2.05) is 0 Å². The van der Waals surface area contributed by atoms with Gasteiger partial charge in [-0.25, -0.2) is 9.13 Å². The van der Waals surface area contributed by atoms with Crippen LogP contribution in [0, 0.1) is 11.8 Å². The summed E-state index contributed by atoms with van der Waals surface area (Å²) in [5.74, 6) is -0.722. The molecule has 0 heterocycles. The molecular weight excluding hydrogens is 1110 g/mol. The molecule has 3 N–H and O–H groups in total. The lowest BCUT2D eigenvalue weighted by Crippen LogP contribution is -2.30. The normalized spacial score (nSPS) is 15.1. The number of esters is 4. The molecule has 0 aromatic heterocycles. The first-order chi connectivity index (χ1) is 40.4. The van der Waals surface area contributed by atoms with Gasteiger partial charge >= 0.3 is 39.5 Å².